The maximum Gasteiger partial charge on any atom is 0.359 e. The summed E-state index contributed by atoms with van der Waals surface area (Å²) in [6.07, 6.45) is 4.19. The Bertz CT molecular complexity index is 1130. The monoisotopic (exact) mass is 453 g/mol. The molecule has 0 saturated heterocycles. The first-order valence-corrected chi connectivity index (χ1v) is 10.3. The lowest BCUT2D eigenvalue weighted by molar-refractivity contribution is 0.00621. The number of anilines is 1. The van der Waals surface area contributed by atoms with E-state index in [-0.39, 0.29) is 23.6 Å². The smallest absolute Gasteiger partial charge is 0.359 e. The van der Waals surface area contributed by atoms with E-state index >= 15 is 0 Å². The largest absolute Gasteiger partial charge is 0.491 e. The Balaban J connectivity index is 1.80. The Morgan fingerprint density at radius 3 is 2.36 bits per heavy atom. The molecule has 0 aliphatic heterocycles. The van der Waals surface area contributed by atoms with Crippen LogP contribution in [0.15, 0.2) is 42.9 Å². The van der Waals surface area contributed by atoms with Crippen LogP contribution in [0.1, 0.15) is 55.5 Å². The number of ether oxygens (including phenoxy) is 3. The van der Waals surface area contributed by atoms with Crippen LogP contribution in [0.5, 0.6) is 17.4 Å². The van der Waals surface area contributed by atoms with Gasteiger partial charge in [0.15, 0.2) is 11.5 Å². The highest BCUT2D eigenvalue weighted by Gasteiger charge is 2.19. The van der Waals surface area contributed by atoms with E-state index in [1.54, 1.807) is 63.0 Å². The quantitative estimate of drug-likeness (QED) is 0.534. The molecule has 0 aliphatic carbocycles. The topological polar surface area (TPSA) is 117 Å². The molecule has 10 heteroatoms. The second kappa shape index (κ2) is 9.68. The fraction of sp³-hybridized carbons (Fsp3) is 0.348. The van der Waals surface area contributed by atoms with Gasteiger partial charge in [-0.3, -0.25) is 9.48 Å². The minimum absolute atomic E-state index is 0.0598. The summed E-state index contributed by atoms with van der Waals surface area (Å²) in [5, 5.41) is 6.88. The number of nitrogens with one attached hydrogen (secondary N) is 1. The first-order chi connectivity index (χ1) is 15.5. The van der Waals surface area contributed by atoms with Crippen LogP contribution >= 0.6 is 0 Å². The number of carbonyl (C=O) groups is 2. The van der Waals surface area contributed by atoms with Gasteiger partial charge in [0.2, 0.25) is 5.88 Å². The van der Waals surface area contributed by atoms with Crippen molar-refractivity contribution in [2.24, 2.45) is 7.05 Å². The third-order valence-corrected chi connectivity index (χ3v) is 3.93. The number of rotatable bonds is 7. The molecule has 0 radical (unpaired) electrons. The van der Waals surface area contributed by atoms with Gasteiger partial charge in [-0.2, -0.15) is 5.10 Å². The van der Waals surface area contributed by atoms with Crippen molar-refractivity contribution in [3.8, 4) is 17.4 Å². The van der Waals surface area contributed by atoms with Gasteiger partial charge in [-0.1, -0.05) is 0 Å². The summed E-state index contributed by atoms with van der Waals surface area (Å²) in [5.74, 6) is 0.371. The number of aryl methyl sites for hydroxylation is 1. The molecule has 0 fully saturated rings. The van der Waals surface area contributed by atoms with Crippen molar-refractivity contribution < 1.29 is 23.8 Å². The van der Waals surface area contributed by atoms with Crippen molar-refractivity contribution in [1.29, 1.82) is 0 Å². The van der Waals surface area contributed by atoms with Crippen molar-refractivity contribution >= 4 is 17.7 Å². The number of esters is 1. The van der Waals surface area contributed by atoms with Crippen LogP contribution in [-0.2, 0) is 11.8 Å². The lowest BCUT2D eigenvalue weighted by Gasteiger charge is -2.18. The van der Waals surface area contributed by atoms with E-state index in [1.807, 2.05) is 13.8 Å². The van der Waals surface area contributed by atoms with E-state index in [4.69, 9.17) is 14.2 Å². The number of nitrogens with zero attached hydrogens (tertiary/aromatic N) is 4. The minimum atomic E-state index is -0.642. The highest BCUT2D eigenvalue weighted by Crippen LogP contribution is 2.28. The zero-order valence-electron chi connectivity index (χ0n) is 19.4. The van der Waals surface area contributed by atoms with Crippen molar-refractivity contribution in [2.45, 2.75) is 46.3 Å². The van der Waals surface area contributed by atoms with E-state index in [0.29, 0.717) is 22.9 Å². The number of aromatic nitrogens is 4. The predicted molar refractivity (Wildman–Crippen MR) is 121 cm³/mol. The summed E-state index contributed by atoms with van der Waals surface area (Å²) in [6.45, 7) is 9.06. The third-order valence-electron chi connectivity index (χ3n) is 3.93. The van der Waals surface area contributed by atoms with E-state index in [9.17, 15) is 9.59 Å². The second-order valence-electron chi connectivity index (χ2n) is 8.53. The van der Waals surface area contributed by atoms with Crippen molar-refractivity contribution in [2.75, 3.05) is 5.32 Å². The fourth-order valence-electron chi connectivity index (χ4n) is 2.70. The standard InChI is InChI=1S/C23H27N5O5/c1-14(2)31-16-9-15(21(29)26-19-7-8-28(6)27-19)10-17(11-16)32-20-13-24-18(12-25-20)22(30)33-23(3,4)5/h7-14H,1-6H3,(H,26,27,29). The van der Waals surface area contributed by atoms with Gasteiger partial charge in [0.05, 0.1) is 18.5 Å². The van der Waals surface area contributed by atoms with E-state index in [2.05, 4.69) is 20.4 Å². The zero-order chi connectivity index (χ0) is 24.2. The average molecular weight is 453 g/mol. The van der Waals surface area contributed by atoms with Crippen molar-refractivity contribution in [3.63, 3.8) is 0 Å². The van der Waals surface area contributed by atoms with Crippen LogP contribution in [-0.4, -0.2) is 43.3 Å². The molecular weight excluding hydrogens is 426 g/mol. The average Bonchev–Trinajstić information content (AvgIpc) is 3.11. The SMILES string of the molecule is CC(C)Oc1cc(Oc2cnc(C(=O)OC(C)(C)C)cn2)cc(C(=O)Nc2ccn(C)n2)c1. The highest BCUT2D eigenvalue weighted by molar-refractivity contribution is 6.04. The second-order valence-corrected chi connectivity index (χ2v) is 8.53. The molecule has 2 heterocycles. The maximum atomic E-state index is 12.7. The predicted octanol–water partition coefficient (Wildman–Crippen LogP) is 4.00. The Hall–Kier alpha value is -3.95. The van der Waals surface area contributed by atoms with Gasteiger partial charge in [-0.15, -0.1) is 0 Å². The minimum Gasteiger partial charge on any atom is -0.491 e. The molecule has 33 heavy (non-hydrogen) atoms. The maximum absolute atomic E-state index is 12.7. The first kappa shape index (κ1) is 23.7. The summed E-state index contributed by atoms with van der Waals surface area (Å²) < 4.78 is 18.4. The van der Waals surface area contributed by atoms with Crippen molar-refractivity contribution in [3.05, 3.63) is 54.1 Å². The molecular formula is C23H27N5O5. The summed E-state index contributed by atoms with van der Waals surface area (Å²) in [4.78, 5) is 33.0. The molecule has 0 atom stereocenters. The fourth-order valence-corrected chi connectivity index (χ4v) is 2.70. The van der Waals surface area contributed by atoms with Crippen LogP contribution in [0.25, 0.3) is 0 Å². The van der Waals surface area contributed by atoms with Gasteiger partial charge in [0, 0.05) is 30.9 Å². The summed E-state index contributed by atoms with van der Waals surface area (Å²) in [7, 11) is 1.76. The van der Waals surface area contributed by atoms with Gasteiger partial charge in [0.25, 0.3) is 5.91 Å². The Morgan fingerprint density at radius 2 is 1.79 bits per heavy atom. The Morgan fingerprint density at radius 1 is 1.06 bits per heavy atom. The number of benzene rings is 1. The first-order valence-electron chi connectivity index (χ1n) is 10.3. The molecule has 1 N–H and O–H groups in total. The van der Waals surface area contributed by atoms with E-state index < -0.39 is 11.6 Å². The zero-order valence-corrected chi connectivity index (χ0v) is 19.4. The summed E-state index contributed by atoms with van der Waals surface area (Å²) in [5.41, 5.74) is -0.270. The van der Waals surface area contributed by atoms with E-state index in [0.717, 1.165) is 0 Å². The molecule has 0 saturated carbocycles. The van der Waals surface area contributed by atoms with Crippen LogP contribution in [0.2, 0.25) is 0 Å². The van der Waals surface area contributed by atoms with Gasteiger partial charge in [-0.25, -0.2) is 14.8 Å². The van der Waals surface area contributed by atoms with E-state index in [1.165, 1.54) is 12.4 Å². The lowest BCUT2D eigenvalue weighted by Crippen LogP contribution is -2.24. The number of hydrogen-bond donors (Lipinski definition) is 1. The molecule has 0 spiro atoms. The highest BCUT2D eigenvalue weighted by atomic mass is 16.6. The Labute approximate surface area is 191 Å². The number of hydrogen-bond acceptors (Lipinski definition) is 8. The lowest BCUT2D eigenvalue weighted by atomic mass is 10.2. The molecule has 0 aliphatic rings. The van der Waals surface area contributed by atoms with Gasteiger partial charge in [0.1, 0.15) is 17.1 Å². The molecule has 3 rings (SSSR count). The number of carbonyl (C=O) groups excluding carboxylic acids is 2. The summed E-state index contributed by atoms with van der Waals surface area (Å²) >= 11 is 0. The third kappa shape index (κ3) is 7.03. The van der Waals surface area contributed by atoms with Crippen LogP contribution in [0.3, 0.4) is 0 Å². The molecule has 10 nitrogen and oxygen atoms in total. The molecule has 2 aromatic heterocycles. The molecule has 1 aromatic carbocycles. The van der Waals surface area contributed by atoms with Gasteiger partial charge in [-0.05, 0) is 46.8 Å². The number of amides is 1. The molecule has 174 valence electrons. The van der Waals surface area contributed by atoms with Gasteiger partial charge < -0.3 is 19.5 Å². The van der Waals surface area contributed by atoms with Crippen LogP contribution in [0.4, 0.5) is 5.82 Å². The van der Waals surface area contributed by atoms with Crippen LogP contribution in [0, 0.1) is 0 Å². The Kier molecular flexibility index (Phi) is 6.95. The molecule has 0 unspecified atom stereocenters. The normalized spacial score (nSPS) is 11.2. The summed E-state index contributed by atoms with van der Waals surface area (Å²) in [6, 6.07) is 6.49. The van der Waals surface area contributed by atoms with Crippen LogP contribution < -0.4 is 14.8 Å². The van der Waals surface area contributed by atoms with Gasteiger partial charge >= 0.3 is 5.97 Å². The van der Waals surface area contributed by atoms with Crippen molar-refractivity contribution in [1.82, 2.24) is 19.7 Å². The molecule has 3 aromatic rings. The molecule has 0 bridgehead atoms. The molecule has 1 amide bonds.